The third kappa shape index (κ3) is 3.94. The van der Waals surface area contributed by atoms with Gasteiger partial charge in [0.15, 0.2) is 5.69 Å². The van der Waals surface area contributed by atoms with Gasteiger partial charge in [-0.3, -0.25) is 0 Å². The molecule has 3 heterocycles. The molecule has 35 heavy (non-hydrogen) atoms. The van der Waals surface area contributed by atoms with Crippen molar-refractivity contribution in [3.63, 3.8) is 0 Å². The maximum atomic E-state index is 13.9. The molecule has 178 valence electrons. The number of fused-ring (bicyclic) bond motifs is 1. The maximum Gasteiger partial charge on any atom is 0.405 e. The Balaban J connectivity index is 1.43. The fourth-order valence-corrected chi connectivity index (χ4v) is 5.57. The number of nitrogens with two attached hydrogens (primary N) is 1. The monoisotopic (exact) mass is 492 g/mol. The van der Waals surface area contributed by atoms with E-state index in [0.717, 1.165) is 30.4 Å². The number of piperidine rings is 1. The second-order valence-electron chi connectivity index (χ2n) is 8.95. The van der Waals surface area contributed by atoms with Crippen molar-refractivity contribution in [3.8, 4) is 17.2 Å². The lowest BCUT2D eigenvalue weighted by Gasteiger charge is -2.42. The number of hydrogen-bond acceptors (Lipinski definition) is 7. The van der Waals surface area contributed by atoms with E-state index in [4.69, 9.17) is 22.1 Å². The molecule has 10 heteroatoms. The van der Waals surface area contributed by atoms with E-state index >= 15 is 0 Å². The summed E-state index contributed by atoms with van der Waals surface area (Å²) in [4.78, 5) is 26.4. The summed E-state index contributed by atoms with van der Waals surface area (Å²) in [5, 5.41) is 9.63. The quantitative estimate of drug-likeness (QED) is 0.535. The molecule has 1 aliphatic carbocycles. The van der Waals surface area contributed by atoms with Crippen LogP contribution in [0.3, 0.4) is 0 Å². The number of anilines is 1. The third-order valence-corrected chi connectivity index (χ3v) is 7.37. The molecule has 1 spiro atoms. The highest BCUT2D eigenvalue weighted by molar-refractivity contribution is 6.33. The fraction of sp³-hybridized carbons (Fsp3) is 0.320. The number of halogens is 2. The van der Waals surface area contributed by atoms with Gasteiger partial charge in [0.25, 0.3) is 0 Å². The first-order valence-electron chi connectivity index (χ1n) is 11.2. The molecule has 1 fully saturated rings. The van der Waals surface area contributed by atoms with E-state index in [2.05, 4.69) is 27.1 Å². The van der Waals surface area contributed by atoms with Gasteiger partial charge < -0.3 is 15.4 Å². The SMILES string of the molecule is Cc1nc(N2CCC3(CC2)Cc2ccccc2[C@H]3OC(N)=O)nc(C#N)c1-c1ccnc(F)c1Cl. The van der Waals surface area contributed by atoms with Crippen LogP contribution in [0.1, 0.15) is 41.5 Å². The predicted molar refractivity (Wildman–Crippen MR) is 127 cm³/mol. The number of benzene rings is 1. The third-order valence-electron chi connectivity index (χ3n) is 7.01. The predicted octanol–water partition coefficient (Wildman–Crippen LogP) is 4.49. The van der Waals surface area contributed by atoms with E-state index < -0.39 is 18.1 Å². The average Bonchev–Trinajstić information content (AvgIpc) is 3.13. The highest BCUT2D eigenvalue weighted by Gasteiger charge is 2.50. The standard InChI is InChI=1S/C25H22ClFN6O2/c1-14-19(17-6-9-30-22(27)20(17)26)18(13-28)32-24(31-14)33-10-7-25(8-11-33)12-15-4-2-3-5-16(15)21(25)35-23(29)34/h2-6,9,21H,7-8,10-12H2,1H3,(H2,29,34)/t21-/m1/s1. The molecule has 1 atom stereocenters. The van der Waals surface area contributed by atoms with Gasteiger partial charge >= 0.3 is 6.09 Å². The van der Waals surface area contributed by atoms with Crippen molar-refractivity contribution < 1.29 is 13.9 Å². The zero-order chi connectivity index (χ0) is 24.7. The van der Waals surface area contributed by atoms with Gasteiger partial charge in [-0.05, 0) is 43.4 Å². The van der Waals surface area contributed by atoms with Crippen molar-refractivity contribution in [1.82, 2.24) is 15.0 Å². The number of nitriles is 1. The summed E-state index contributed by atoms with van der Waals surface area (Å²) in [5.74, 6) is -0.394. The average molecular weight is 493 g/mol. The van der Waals surface area contributed by atoms with Crippen molar-refractivity contribution in [1.29, 1.82) is 5.26 Å². The first-order valence-corrected chi connectivity index (χ1v) is 11.6. The van der Waals surface area contributed by atoms with Gasteiger partial charge in [-0.1, -0.05) is 35.9 Å². The van der Waals surface area contributed by atoms with Crippen molar-refractivity contribution >= 4 is 23.6 Å². The van der Waals surface area contributed by atoms with E-state index in [0.29, 0.717) is 35.9 Å². The normalized spacial score (nSPS) is 18.2. The number of aromatic nitrogens is 3. The number of primary amides is 1. The lowest BCUT2D eigenvalue weighted by atomic mass is 9.74. The van der Waals surface area contributed by atoms with E-state index in [1.165, 1.54) is 6.20 Å². The van der Waals surface area contributed by atoms with Gasteiger partial charge in [-0.2, -0.15) is 9.65 Å². The van der Waals surface area contributed by atoms with Crippen LogP contribution in [0.2, 0.25) is 5.02 Å². The molecule has 1 aromatic carbocycles. The molecule has 3 aromatic rings. The number of pyridine rings is 1. The molecule has 0 saturated carbocycles. The summed E-state index contributed by atoms with van der Waals surface area (Å²) < 4.78 is 19.6. The molecular weight excluding hydrogens is 471 g/mol. The Morgan fingerprint density at radius 2 is 2.03 bits per heavy atom. The van der Waals surface area contributed by atoms with E-state index in [9.17, 15) is 14.4 Å². The molecular formula is C25H22ClFN6O2. The summed E-state index contributed by atoms with van der Waals surface area (Å²) in [6.07, 6.45) is 2.36. The number of aryl methyl sites for hydroxylation is 1. The summed E-state index contributed by atoms with van der Waals surface area (Å²) in [6, 6.07) is 11.6. The Labute approximate surface area is 206 Å². The van der Waals surface area contributed by atoms with Crippen LogP contribution in [-0.4, -0.2) is 34.1 Å². The Kier molecular flexibility index (Phi) is 5.77. The van der Waals surface area contributed by atoms with Gasteiger partial charge in [0.1, 0.15) is 17.2 Å². The molecule has 0 radical (unpaired) electrons. The summed E-state index contributed by atoms with van der Waals surface area (Å²) in [5.41, 5.74) is 8.66. The number of ether oxygens (including phenoxy) is 1. The van der Waals surface area contributed by atoms with Crippen LogP contribution in [0.25, 0.3) is 11.1 Å². The van der Waals surface area contributed by atoms with E-state index in [1.807, 2.05) is 23.1 Å². The molecule has 0 bridgehead atoms. The molecule has 2 aromatic heterocycles. The van der Waals surface area contributed by atoms with Crippen molar-refractivity contribution in [2.45, 2.75) is 32.3 Å². The second kappa shape index (κ2) is 8.78. The van der Waals surface area contributed by atoms with Crippen LogP contribution in [0.4, 0.5) is 15.1 Å². The summed E-state index contributed by atoms with van der Waals surface area (Å²) >= 11 is 6.12. The van der Waals surface area contributed by atoms with E-state index in [1.54, 1.807) is 13.0 Å². The Morgan fingerprint density at radius 3 is 2.74 bits per heavy atom. The zero-order valence-corrected chi connectivity index (χ0v) is 19.7. The molecule has 5 rings (SSSR count). The van der Waals surface area contributed by atoms with Crippen molar-refractivity contribution in [2.24, 2.45) is 11.1 Å². The van der Waals surface area contributed by atoms with Gasteiger partial charge in [-0.25, -0.2) is 19.7 Å². The summed E-state index contributed by atoms with van der Waals surface area (Å²) in [7, 11) is 0. The van der Waals surface area contributed by atoms with Gasteiger partial charge in [0.2, 0.25) is 11.9 Å². The maximum absolute atomic E-state index is 13.9. The number of rotatable bonds is 3. The number of amides is 1. The van der Waals surface area contributed by atoms with Crippen LogP contribution < -0.4 is 10.6 Å². The van der Waals surface area contributed by atoms with Crippen LogP contribution in [0.15, 0.2) is 36.5 Å². The molecule has 8 nitrogen and oxygen atoms in total. The van der Waals surface area contributed by atoms with Gasteiger partial charge in [0, 0.05) is 35.8 Å². The first-order chi connectivity index (χ1) is 16.8. The Bertz CT molecular complexity index is 1370. The first kappa shape index (κ1) is 23.0. The fourth-order valence-electron chi connectivity index (χ4n) is 5.36. The van der Waals surface area contributed by atoms with E-state index in [-0.39, 0.29) is 16.1 Å². The lowest BCUT2D eigenvalue weighted by molar-refractivity contribution is 0.00408. The van der Waals surface area contributed by atoms with Crippen LogP contribution >= 0.6 is 11.6 Å². The zero-order valence-electron chi connectivity index (χ0n) is 19.0. The Morgan fingerprint density at radius 1 is 1.29 bits per heavy atom. The molecule has 2 aliphatic rings. The highest BCUT2D eigenvalue weighted by Crippen LogP contribution is 2.54. The van der Waals surface area contributed by atoms with Gasteiger partial charge in [-0.15, -0.1) is 0 Å². The minimum Gasteiger partial charge on any atom is -0.441 e. The largest absolute Gasteiger partial charge is 0.441 e. The number of carbonyl (C=O) groups is 1. The molecule has 0 unspecified atom stereocenters. The minimum atomic E-state index is -0.817. The second-order valence-corrected chi connectivity index (χ2v) is 9.33. The number of hydrogen-bond donors (Lipinski definition) is 1. The van der Waals surface area contributed by atoms with Crippen molar-refractivity contribution in [2.75, 3.05) is 18.0 Å². The highest BCUT2D eigenvalue weighted by atomic mass is 35.5. The minimum absolute atomic E-state index is 0.114. The molecule has 1 saturated heterocycles. The number of nitrogens with zero attached hydrogens (tertiary/aromatic N) is 5. The van der Waals surface area contributed by atoms with Crippen molar-refractivity contribution in [3.05, 3.63) is 70.0 Å². The van der Waals surface area contributed by atoms with Crippen LogP contribution in [0, 0.1) is 29.6 Å². The van der Waals surface area contributed by atoms with Gasteiger partial charge in [0.05, 0.1) is 5.69 Å². The summed E-state index contributed by atoms with van der Waals surface area (Å²) in [6.45, 7) is 2.97. The topological polar surface area (TPSA) is 118 Å². The molecule has 1 aliphatic heterocycles. The Hall–Kier alpha value is -3.77. The smallest absolute Gasteiger partial charge is 0.405 e. The lowest BCUT2D eigenvalue weighted by Crippen LogP contribution is -2.44. The number of carbonyl (C=O) groups excluding carboxylic acids is 1. The molecule has 1 amide bonds. The molecule has 2 N–H and O–H groups in total. The van der Waals surface area contributed by atoms with Crippen LogP contribution in [-0.2, 0) is 11.2 Å². The van der Waals surface area contributed by atoms with Crippen LogP contribution in [0.5, 0.6) is 0 Å².